The topological polar surface area (TPSA) is 103 Å². The first-order chi connectivity index (χ1) is 13.6. The molecule has 1 fully saturated rings. The molecule has 2 atom stereocenters. The van der Waals surface area contributed by atoms with E-state index in [0.29, 0.717) is 42.7 Å². The van der Waals surface area contributed by atoms with Crippen molar-refractivity contribution in [1.29, 1.82) is 0 Å². The van der Waals surface area contributed by atoms with Gasteiger partial charge in [0.1, 0.15) is 12.0 Å². The Morgan fingerprint density at radius 3 is 2.86 bits per heavy atom. The van der Waals surface area contributed by atoms with Gasteiger partial charge in [-0.05, 0) is 25.8 Å². The van der Waals surface area contributed by atoms with Crippen molar-refractivity contribution in [3.63, 3.8) is 0 Å². The van der Waals surface area contributed by atoms with E-state index in [1.165, 1.54) is 0 Å². The lowest BCUT2D eigenvalue weighted by Gasteiger charge is -2.39. The summed E-state index contributed by atoms with van der Waals surface area (Å²) < 4.78 is 12.9. The summed E-state index contributed by atoms with van der Waals surface area (Å²) in [4.78, 5) is 23.4. The van der Waals surface area contributed by atoms with Crippen LogP contribution in [-0.2, 0) is 18.3 Å². The minimum atomic E-state index is -0.194. The molecule has 3 aromatic heterocycles. The van der Waals surface area contributed by atoms with Gasteiger partial charge in [0.05, 0.1) is 17.7 Å². The number of carbonyl (C=O) groups is 1. The van der Waals surface area contributed by atoms with Gasteiger partial charge in [-0.15, -0.1) is 0 Å². The third-order valence-electron chi connectivity index (χ3n) is 5.21. The molecule has 4 rings (SSSR count). The molecule has 0 saturated carbocycles. The van der Waals surface area contributed by atoms with Crippen molar-refractivity contribution < 1.29 is 13.7 Å². The van der Waals surface area contributed by atoms with Crippen molar-refractivity contribution in [1.82, 2.24) is 29.8 Å². The van der Waals surface area contributed by atoms with Gasteiger partial charge >= 0.3 is 0 Å². The van der Waals surface area contributed by atoms with Crippen LogP contribution in [0.1, 0.15) is 62.5 Å². The molecule has 0 aliphatic carbocycles. The van der Waals surface area contributed by atoms with Crippen molar-refractivity contribution in [2.75, 3.05) is 6.54 Å². The van der Waals surface area contributed by atoms with Crippen LogP contribution in [0.2, 0.25) is 0 Å². The second-order valence-corrected chi connectivity index (χ2v) is 6.98. The number of carbonyl (C=O) groups excluding carboxylic acids is 1. The Morgan fingerprint density at radius 2 is 2.14 bits per heavy atom. The number of oxazole rings is 1. The maximum Gasteiger partial charge on any atom is 0.232 e. The minimum Gasteiger partial charge on any atom is -0.448 e. The first-order valence-corrected chi connectivity index (χ1v) is 9.68. The zero-order valence-electron chi connectivity index (χ0n) is 16.3. The molecular weight excluding hydrogens is 360 g/mol. The second-order valence-electron chi connectivity index (χ2n) is 6.98. The Hall–Kier alpha value is -2.97. The second kappa shape index (κ2) is 7.57. The molecule has 28 heavy (non-hydrogen) atoms. The monoisotopic (exact) mass is 384 g/mol. The Bertz CT molecular complexity index is 958. The van der Waals surface area contributed by atoms with Crippen molar-refractivity contribution in [3.8, 4) is 11.5 Å². The fraction of sp³-hybridized carbons (Fsp3) is 0.526. The van der Waals surface area contributed by atoms with E-state index in [0.717, 1.165) is 18.5 Å². The van der Waals surface area contributed by atoms with Gasteiger partial charge in [-0.3, -0.25) is 9.48 Å². The number of hydrogen-bond acceptors (Lipinski definition) is 7. The summed E-state index contributed by atoms with van der Waals surface area (Å²) in [5, 5.41) is 8.39. The smallest absolute Gasteiger partial charge is 0.232 e. The van der Waals surface area contributed by atoms with Gasteiger partial charge in [-0.2, -0.15) is 10.1 Å². The van der Waals surface area contributed by atoms with Crippen LogP contribution >= 0.6 is 0 Å². The van der Waals surface area contributed by atoms with Crippen LogP contribution in [-0.4, -0.2) is 42.3 Å². The Kier molecular flexibility index (Phi) is 4.97. The van der Waals surface area contributed by atoms with Crippen molar-refractivity contribution in [2.45, 2.75) is 51.5 Å². The number of aryl methyl sites for hydroxylation is 2. The van der Waals surface area contributed by atoms with Crippen LogP contribution in [0.5, 0.6) is 0 Å². The minimum absolute atomic E-state index is 0.101. The molecule has 1 amide bonds. The maximum absolute atomic E-state index is 12.5. The first kappa shape index (κ1) is 18.4. The van der Waals surface area contributed by atoms with Crippen LogP contribution < -0.4 is 0 Å². The van der Waals surface area contributed by atoms with Gasteiger partial charge in [0.25, 0.3) is 0 Å². The van der Waals surface area contributed by atoms with Crippen molar-refractivity contribution in [2.24, 2.45) is 7.05 Å². The molecule has 0 aromatic carbocycles. The summed E-state index contributed by atoms with van der Waals surface area (Å²) in [5.74, 6) is 1.61. The summed E-state index contributed by atoms with van der Waals surface area (Å²) >= 11 is 0. The Balaban J connectivity index is 1.67. The normalized spacial score (nSPS) is 20.1. The van der Waals surface area contributed by atoms with Crippen LogP contribution in [0.3, 0.4) is 0 Å². The molecule has 1 aliphatic heterocycles. The molecule has 0 unspecified atom stereocenters. The van der Waals surface area contributed by atoms with E-state index >= 15 is 0 Å². The number of rotatable bonds is 6. The van der Waals surface area contributed by atoms with E-state index < -0.39 is 0 Å². The van der Waals surface area contributed by atoms with Crippen LogP contribution in [0.4, 0.5) is 0 Å². The summed E-state index contributed by atoms with van der Waals surface area (Å²) in [6.45, 7) is 4.65. The molecule has 3 aromatic rings. The summed E-state index contributed by atoms with van der Waals surface area (Å²) in [5.41, 5.74) is 1.51. The Morgan fingerprint density at radius 1 is 1.29 bits per heavy atom. The zero-order valence-corrected chi connectivity index (χ0v) is 16.3. The van der Waals surface area contributed by atoms with Crippen LogP contribution in [0.25, 0.3) is 11.5 Å². The highest BCUT2D eigenvalue weighted by Gasteiger charge is 2.41. The highest BCUT2D eigenvalue weighted by Crippen LogP contribution is 2.42. The molecule has 148 valence electrons. The molecule has 9 nitrogen and oxygen atoms in total. The highest BCUT2D eigenvalue weighted by atomic mass is 16.5. The molecule has 0 spiro atoms. The first-order valence-electron chi connectivity index (χ1n) is 9.68. The average molecular weight is 384 g/mol. The quantitative estimate of drug-likeness (QED) is 0.644. The van der Waals surface area contributed by atoms with E-state index in [9.17, 15) is 4.79 Å². The van der Waals surface area contributed by atoms with Crippen molar-refractivity contribution >= 4 is 5.91 Å². The predicted octanol–water partition coefficient (Wildman–Crippen LogP) is 2.88. The lowest BCUT2D eigenvalue weighted by atomic mass is 9.86. The number of aromatic nitrogens is 5. The lowest BCUT2D eigenvalue weighted by molar-refractivity contribution is -0.137. The van der Waals surface area contributed by atoms with Gasteiger partial charge in [-0.25, -0.2) is 4.98 Å². The number of likely N-dealkylation sites (tertiary alicyclic amines) is 1. The molecule has 0 bridgehead atoms. The maximum atomic E-state index is 12.5. The van der Waals surface area contributed by atoms with Crippen LogP contribution in [0.15, 0.2) is 27.5 Å². The van der Waals surface area contributed by atoms with Crippen molar-refractivity contribution in [3.05, 3.63) is 36.0 Å². The van der Waals surface area contributed by atoms with E-state index in [2.05, 4.69) is 27.1 Å². The highest BCUT2D eigenvalue weighted by molar-refractivity contribution is 5.78. The standard InChI is InChI=1S/C19H24N6O3/c1-4-6-15-21-13(11-27-15)18-22-19(28-23-18)12-7-8-16(26)25(5-2)17(12)14-9-10-20-24(14)3/h9-12,17H,4-8H2,1-3H3/t12-,17-/m1/s1. The SMILES string of the molecule is CCCc1nc(-c2noc([C@@H]3CCC(=O)N(CC)[C@H]3c3ccnn3C)n2)co1. The zero-order chi connectivity index (χ0) is 19.7. The lowest BCUT2D eigenvalue weighted by Crippen LogP contribution is -2.42. The van der Waals surface area contributed by atoms with Gasteiger partial charge in [0.15, 0.2) is 5.89 Å². The molecule has 9 heteroatoms. The van der Waals surface area contributed by atoms with Gasteiger partial charge < -0.3 is 13.8 Å². The fourth-order valence-electron chi connectivity index (χ4n) is 3.86. The van der Waals surface area contributed by atoms with E-state index in [1.54, 1.807) is 17.1 Å². The molecule has 1 saturated heterocycles. The predicted molar refractivity (Wildman–Crippen MR) is 99.1 cm³/mol. The van der Waals surface area contributed by atoms with Gasteiger partial charge in [0, 0.05) is 32.6 Å². The Labute approximate surface area is 162 Å². The molecule has 1 aliphatic rings. The van der Waals surface area contributed by atoms with Gasteiger partial charge in [0.2, 0.25) is 17.6 Å². The summed E-state index contributed by atoms with van der Waals surface area (Å²) in [7, 11) is 1.88. The van der Waals surface area contributed by atoms with Crippen LogP contribution in [0, 0.1) is 0 Å². The third-order valence-corrected chi connectivity index (χ3v) is 5.21. The van der Waals surface area contributed by atoms with Gasteiger partial charge in [-0.1, -0.05) is 12.1 Å². The average Bonchev–Trinajstić information content (AvgIpc) is 3.42. The number of nitrogens with zero attached hydrogens (tertiary/aromatic N) is 6. The molecule has 0 radical (unpaired) electrons. The number of amides is 1. The van der Waals surface area contributed by atoms with E-state index in [-0.39, 0.29) is 17.9 Å². The third kappa shape index (κ3) is 3.21. The molecule has 4 heterocycles. The number of hydrogen-bond donors (Lipinski definition) is 0. The largest absolute Gasteiger partial charge is 0.448 e. The number of piperidine rings is 1. The molecular formula is C19H24N6O3. The van der Waals surface area contributed by atoms with E-state index in [1.807, 2.05) is 24.9 Å². The summed E-state index contributed by atoms with van der Waals surface area (Å²) in [6.07, 6.45) is 6.11. The number of likely N-dealkylation sites (N-methyl/N-ethyl adjacent to an activating group) is 1. The molecule has 0 N–H and O–H groups in total. The van der Waals surface area contributed by atoms with E-state index in [4.69, 9.17) is 8.94 Å². The fourth-order valence-corrected chi connectivity index (χ4v) is 3.86. The summed E-state index contributed by atoms with van der Waals surface area (Å²) in [6, 6.07) is 1.74.